The zero-order chi connectivity index (χ0) is 10.2. The van der Waals surface area contributed by atoms with E-state index in [0.29, 0.717) is 5.13 Å². The number of anilines is 1. The molecule has 0 saturated carbocycles. The summed E-state index contributed by atoms with van der Waals surface area (Å²) in [5.41, 5.74) is 12.0. The number of thiazole rings is 1. The van der Waals surface area contributed by atoms with Gasteiger partial charge in [-0.2, -0.15) is 0 Å². The highest BCUT2D eigenvalue weighted by atomic mass is 32.4. The summed E-state index contributed by atoms with van der Waals surface area (Å²) in [5.74, 6) is 0. The van der Waals surface area contributed by atoms with Gasteiger partial charge in [0.25, 0.3) is 0 Å². The van der Waals surface area contributed by atoms with Crippen molar-refractivity contribution < 1.29 is 0 Å². The molecule has 74 valence electrons. The van der Waals surface area contributed by atoms with Gasteiger partial charge in [0.2, 0.25) is 0 Å². The van der Waals surface area contributed by atoms with Crippen molar-refractivity contribution in [1.29, 1.82) is 0 Å². The molecule has 0 unspecified atom stereocenters. The van der Waals surface area contributed by atoms with Crippen LogP contribution < -0.4 is 16.1 Å². The van der Waals surface area contributed by atoms with Crippen LogP contribution in [0.1, 0.15) is 0 Å². The maximum Gasteiger partial charge on any atom is 0.189 e. The van der Waals surface area contributed by atoms with Gasteiger partial charge < -0.3 is 5.09 Å². The van der Waals surface area contributed by atoms with Gasteiger partial charge in [-0.15, -0.1) is 0 Å². The van der Waals surface area contributed by atoms with Crippen molar-refractivity contribution in [3.05, 3.63) is 24.3 Å². The van der Waals surface area contributed by atoms with Crippen molar-refractivity contribution in [3.63, 3.8) is 0 Å². The SMILES string of the molecule is NP(N)(=S)Nc1nc2ccccc2s1. The number of fused-ring (bicyclic) bond motifs is 1. The Balaban J connectivity index is 2.41. The molecule has 0 aliphatic heterocycles. The zero-order valence-corrected chi connectivity index (χ0v) is 9.70. The molecule has 1 aromatic carbocycles. The van der Waals surface area contributed by atoms with Crippen molar-refractivity contribution in [3.8, 4) is 0 Å². The van der Waals surface area contributed by atoms with Crippen molar-refractivity contribution in [1.82, 2.24) is 4.98 Å². The maximum absolute atomic E-state index is 5.55. The van der Waals surface area contributed by atoms with Crippen LogP contribution in [0, 0.1) is 0 Å². The van der Waals surface area contributed by atoms with Crippen LogP contribution >= 0.6 is 17.8 Å². The third kappa shape index (κ3) is 2.29. The van der Waals surface area contributed by atoms with E-state index < -0.39 is 6.49 Å². The molecule has 4 nitrogen and oxygen atoms in total. The Morgan fingerprint density at radius 2 is 2.07 bits per heavy atom. The first kappa shape index (κ1) is 10.0. The number of hydrogen-bond acceptors (Lipinski definition) is 3. The summed E-state index contributed by atoms with van der Waals surface area (Å²) in [5, 5.41) is 3.55. The molecule has 0 amide bonds. The van der Waals surface area contributed by atoms with Gasteiger partial charge in [-0.05, 0) is 23.9 Å². The van der Waals surface area contributed by atoms with E-state index in [2.05, 4.69) is 10.1 Å². The Bertz CT molecular complexity index is 470. The van der Waals surface area contributed by atoms with Crippen molar-refractivity contribution in [2.75, 3.05) is 5.09 Å². The highest BCUT2D eigenvalue weighted by Gasteiger charge is 2.07. The Labute approximate surface area is 90.5 Å². The number of para-hydroxylation sites is 1. The second-order valence-corrected chi connectivity index (χ2v) is 7.29. The van der Waals surface area contributed by atoms with E-state index in [0.717, 1.165) is 10.2 Å². The highest BCUT2D eigenvalue weighted by Crippen LogP contribution is 2.33. The number of aromatic nitrogens is 1. The summed E-state index contributed by atoms with van der Waals surface area (Å²) in [7, 11) is 0. The molecule has 0 radical (unpaired) electrons. The largest absolute Gasteiger partial charge is 0.311 e. The predicted molar refractivity (Wildman–Crippen MR) is 65.9 cm³/mol. The first-order chi connectivity index (χ1) is 6.54. The van der Waals surface area contributed by atoms with Gasteiger partial charge in [-0.3, -0.25) is 11.0 Å². The first-order valence-corrected chi connectivity index (χ1v) is 7.61. The molecule has 0 atom stereocenters. The number of hydrogen-bond donors (Lipinski definition) is 3. The van der Waals surface area contributed by atoms with Gasteiger partial charge in [-0.25, -0.2) is 4.98 Å². The predicted octanol–water partition coefficient (Wildman–Crippen LogP) is 1.85. The van der Waals surface area contributed by atoms with Crippen LogP contribution in [0.4, 0.5) is 5.13 Å². The van der Waals surface area contributed by atoms with Crippen LogP contribution in [-0.4, -0.2) is 4.98 Å². The number of nitrogens with two attached hydrogens (primary N) is 2. The minimum Gasteiger partial charge on any atom is -0.311 e. The highest BCUT2D eigenvalue weighted by molar-refractivity contribution is 8.13. The standard InChI is InChI=1S/C7H9N4PS2/c8-12(9,13)11-7-10-5-3-1-2-4-6(5)14-7/h1-4H,(H5,8,9,10,11,13). The summed E-state index contributed by atoms with van der Waals surface area (Å²) < 4.78 is 1.10. The van der Waals surface area contributed by atoms with Gasteiger partial charge >= 0.3 is 0 Å². The van der Waals surface area contributed by atoms with E-state index in [1.165, 1.54) is 11.3 Å². The van der Waals surface area contributed by atoms with E-state index in [4.69, 9.17) is 22.8 Å². The number of nitrogens with zero attached hydrogens (tertiary/aromatic N) is 1. The fourth-order valence-electron chi connectivity index (χ4n) is 1.07. The lowest BCUT2D eigenvalue weighted by atomic mass is 10.3. The smallest absolute Gasteiger partial charge is 0.189 e. The number of rotatable bonds is 2. The molecule has 2 rings (SSSR count). The molecule has 0 bridgehead atoms. The molecular weight excluding hydrogens is 235 g/mol. The average molecular weight is 244 g/mol. The zero-order valence-electron chi connectivity index (χ0n) is 7.18. The van der Waals surface area contributed by atoms with E-state index in [-0.39, 0.29) is 0 Å². The summed E-state index contributed by atoms with van der Waals surface area (Å²) in [6, 6.07) is 7.83. The summed E-state index contributed by atoms with van der Waals surface area (Å²) >= 11 is 6.40. The van der Waals surface area contributed by atoms with E-state index >= 15 is 0 Å². The maximum atomic E-state index is 5.55. The molecule has 2 aromatic rings. The van der Waals surface area contributed by atoms with E-state index in [9.17, 15) is 0 Å². The van der Waals surface area contributed by atoms with Crippen LogP contribution in [0.25, 0.3) is 10.2 Å². The minimum atomic E-state index is -2.41. The molecule has 7 heteroatoms. The average Bonchev–Trinajstić information content (AvgIpc) is 2.42. The number of nitrogens with one attached hydrogen (secondary N) is 1. The Hall–Kier alpha value is -0.520. The van der Waals surface area contributed by atoms with Gasteiger partial charge in [0.15, 0.2) is 11.6 Å². The quantitative estimate of drug-likeness (QED) is 0.703. The minimum absolute atomic E-state index is 0.694. The Kier molecular flexibility index (Phi) is 2.55. The van der Waals surface area contributed by atoms with Crippen molar-refractivity contribution >= 4 is 45.0 Å². The van der Waals surface area contributed by atoms with Crippen LogP contribution in [0.5, 0.6) is 0 Å². The van der Waals surface area contributed by atoms with Gasteiger partial charge in [0, 0.05) is 0 Å². The van der Waals surface area contributed by atoms with Crippen LogP contribution in [0.15, 0.2) is 24.3 Å². The summed E-state index contributed by atoms with van der Waals surface area (Å²) in [4.78, 5) is 4.31. The monoisotopic (exact) mass is 244 g/mol. The molecule has 0 aliphatic rings. The summed E-state index contributed by atoms with van der Waals surface area (Å²) in [6.07, 6.45) is 0. The molecule has 0 spiro atoms. The molecule has 0 aliphatic carbocycles. The third-order valence-corrected chi connectivity index (χ3v) is 3.50. The van der Waals surface area contributed by atoms with Crippen molar-refractivity contribution in [2.24, 2.45) is 11.0 Å². The normalized spacial score (nSPS) is 11.9. The van der Waals surface area contributed by atoms with E-state index in [1.54, 1.807) is 0 Å². The second-order valence-electron chi connectivity index (χ2n) is 2.81. The molecule has 0 saturated heterocycles. The molecule has 0 fully saturated rings. The molecular formula is C7H9N4PS2. The lowest BCUT2D eigenvalue weighted by Gasteiger charge is -2.09. The van der Waals surface area contributed by atoms with Gasteiger partial charge in [0.05, 0.1) is 10.2 Å². The fourth-order valence-corrected chi connectivity index (χ4v) is 3.20. The first-order valence-electron chi connectivity index (χ1n) is 3.86. The lowest BCUT2D eigenvalue weighted by molar-refractivity contribution is 1.48. The Morgan fingerprint density at radius 3 is 2.71 bits per heavy atom. The topological polar surface area (TPSA) is 77.0 Å². The third-order valence-electron chi connectivity index (χ3n) is 1.56. The summed E-state index contributed by atoms with van der Waals surface area (Å²) in [6.45, 7) is -2.41. The molecule has 14 heavy (non-hydrogen) atoms. The van der Waals surface area contributed by atoms with Crippen LogP contribution in [-0.2, 0) is 11.8 Å². The van der Waals surface area contributed by atoms with E-state index in [1.807, 2.05) is 24.3 Å². The van der Waals surface area contributed by atoms with Gasteiger partial charge in [-0.1, -0.05) is 23.5 Å². The fraction of sp³-hybridized carbons (Fsp3) is 0. The molecule has 1 aromatic heterocycles. The molecule has 5 N–H and O–H groups in total. The van der Waals surface area contributed by atoms with Crippen molar-refractivity contribution in [2.45, 2.75) is 0 Å². The lowest BCUT2D eigenvalue weighted by Crippen LogP contribution is -2.12. The van der Waals surface area contributed by atoms with Gasteiger partial charge in [0.1, 0.15) is 0 Å². The Morgan fingerprint density at radius 1 is 1.36 bits per heavy atom. The number of benzene rings is 1. The van der Waals surface area contributed by atoms with Crippen LogP contribution in [0.2, 0.25) is 0 Å². The second kappa shape index (κ2) is 3.56. The molecule has 1 heterocycles. The van der Waals surface area contributed by atoms with Crippen LogP contribution in [0.3, 0.4) is 0 Å².